The van der Waals surface area contributed by atoms with E-state index < -0.39 is 66.2 Å². The lowest BCUT2D eigenvalue weighted by atomic mass is 10.1. The third kappa shape index (κ3) is 10.3. The zero-order valence-electron chi connectivity index (χ0n) is 15.6. The molecule has 164 valence electrons. The summed E-state index contributed by atoms with van der Waals surface area (Å²) in [6.45, 7) is 1.26. The molecular weight excluding hydrogens is 410 g/mol. The lowest BCUT2D eigenvalue weighted by Crippen LogP contribution is -2.56. The molecule has 0 aromatic rings. The number of primary amides is 1. The average molecular weight is 435 g/mol. The topological polar surface area (TPSA) is 231 Å². The Hall–Kier alpha value is -2.87. The van der Waals surface area contributed by atoms with Gasteiger partial charge in [-0.2, -0.15) is 12.6 Å². The second-order valence-corrected chi connectivity index (χ2v) is 6.45. The Labute approximate surface area is 171 Å². The maximum atomic E-state index is 12.3. The Balaban J connectivity index is 5.07. The predicted molar refractivity (Wildman–Crippen MR) is 102 cm³/mol. The van der Waals surface area contributed by atoms with E-state index >= 15 is 0 Å². The first-order valence-electron chi connectivity index (χ1n) is 8.39. The number of aliphatic carboxylic acids is 2. The largest absolute Gasteiger partial charge is 0.481 e. The van der Waals surface area contributed by atoms with Crippen LogP contribution in [0.3, 0.4) is 0 Å². The quantitative estimate of drug-likeness (QED) is 0.134. The number of amides is 4. The molecule has 13 nitrogen and oxygen atoms in total. The second kappa shape index (κ2) is 12.6. The van der Waals surface area contributed by atoms with E-state index in [1.165, 1.54) is 6.92 Å². The molecule has 0 heterocycles. The number of rotatable bonds is 13. The van der Waals surface area contributed by atoms with Gasteiger partial charge < -0.3 is 37.6 Å². The molecule has 0 aliphatic rings. The smallest absolute Gasteiger partial charge is 0.327 e. The molecule has 0 saturated heterocycles. The van der Waals surface area contributed by atoms with Crippen LogP contribution in [0, 0.1) is 0 Å². The average Bonchev–Trinajstić information content (AvgIpc) is 2.61. The molecule has 0 spiro atoms. The van der Waals surface area contributed by atoms with E-state index in [-0.39, 0.29) is 18.6 Å². The van der Waals surface area contributed by atoms with Crippen LogP contribution >= 0.6 is 12.6 Å². The summed E-state index contributed by atoms with van der Waals surface area (Å²) < 4.78 is 0. The van der Waals surface area contributed by atoms with Crippen molar-refractivity contribution >= 4 is 48.2 Å². The summed E-state index contributed by atoms with van der Waals surface area (Å²) in [7, 11) is 0. The number of hydrogen-bond acceptors (Lipinski definition) is 8. The minimum absolute atomic E-state index is 0.217. The third-order valence-corrected chi connectivity index (χ3v) is 3.96. The first-order chi connectivity index (χ1) is 13.4. The fourth-order valence-corrected chi connectivity index (χ4v) is 2.22. The summed E-state index contributed by atoms with van der Waals surface area (Å²) in [4.78, 5) is 68.9. The third-order valence-electron chi connectivity index (χ3n) is 3.59. The molecule has 9 N–H and O–H groups in total. The Bertz CT molecular complexity index is 659. The summed E-state index contributed by atoms with van der Waals surface area (Å²) in [5.41, 5.74) is 10.4. The van der Waals surface area contributed by atoms with Crippen LogP contribution in [-0.4, -0.2) is 75.7 Å². The Morgan fingerprint density at radius 3 is 1.93 bits per heavy atom. The molecule has 0 fully saturated rings. The van der Waals surface area contributed by atoms with Gasteiger partial charge in [0.2, 0.25) is 23.6 Å². The van der Waals surface area contributed by atoms with Gasteiger partial charge in [0.05, 0.1) is 12.5 Å². The zero-order valence-corrected chi connectivity index (χ0v) is 16.5. The van der Waals surface area contributed by atoms with E-state index in [0.717, 1.165) is 0 Å². The van der Waals surface area contributed by atoms with Crippen LogP contribution in [0.2, 0.25) is 0 Å². The summed E-state index contributed by atoms with van der Waals surface area (Å²) in [6, 6.07) is -5.23. The van der Waals surface area contributed by atoms with E-state index in [2.05, 4.69) is 28.6 Å². The summed E-state index contributed by atoms with van der Waals surface area (Å²) in [6.07, 6.45) is -1.14. The van der Waals surface area contributed by atoms with Gasteiger partial charge in [0.1, 0.15) is 18.1 Å². The molecular formula is C15H25N5O8S. The van der Waals surface area contributed by atoms with Crippen molar-refractivity contribution in [3.8, 4) is 0 Å². The Kier molecular flexibility index (Phi) is 11.3. The van der Waals surface area contributed by atoms with Crippen LogP contribution in [0.15, 0.2) is 0 Å². The minimum Gasteiger partial charge on any atom is -0.481 e. The first kappa shape index (κ1) is 26.1. The van der Waals surface area contributed by atoms with Gasteiger partial charge in [-0.15, -0.1) is 0 Å². The highest BCUT2D eigenvalue weighted by Gasteiger charge is 2.28. The van der Waals surface area contributed by atoms with Crippen LogP contribution in [-0.2, 0) is 28.8 Å². The van der Waals surface area contributed by atoms with Crippen LogP contribution in [0.1, 0.15) is 26.2 Å². The van der Waals surface area contributed by atoms with E-state index in [9.17, 15) is 28.8 Å². The number of carboxylic acid groups (broad SMARTS) is 2. The molecule has 0 aliphatic carbocycles. The van der Waals surface area contributed by atoms with Crippen LogP contribution in [0.25, 0.3) is 0 Å². The summed E-state index contributed by atoms with van der Waals surface area (Å²) in [5, 5.41) is 24.2. The molecule has 4 atom stereocenters. The summed E-state index contributed by atoms with van der Waals surface area (Å²) in [5.74, 6) is -6.24. The van der Waals surface area contributed by atoms with E-state index in [4.69, 9.17) is 21.7 Å². The maximum absolute atomic E-state index is 12.3. The number of nitrogens with one attached hydrogen (secondary N) is 3. The molecule has 0 radical (unpaired) electrons. The highest BCUT2D eigenvalue weighted by atomic mass is 32.1. The minimum atomic E-state index is -1.39. The standard InChI is InChI=1S/C15H25N5O8S/c1-6(18-13(25)7(16)4-11(22)23)12(24)19-8(2-3-10(17)21)14(26)20-9(5-29)15(27)28/h6-9,29H,2-5,16H2,1H3,(H2,17,21)(H,18,25)(H,19,24)(H,20,26)(H,22,23)(H,27,28). The van der Waals surface area contributed by atoms with Gasteiger partial charge in [-0.1, -0.05) is 0 Å². The van der Waals surface area contributed by atoms with Gasteiger partial charge in [-0.25, -0.2) is 4.79 Å². The van der Waals surface area contributed by atoms with E-state index in [1.807, 2.05) is 0 Å². The van der Waals surface area contributed by atoms with Gasteiger partial charge in [0.15, 0.2) is 0 Å². The molecule has 0 aromatic carbocycles. The molecule has 4 amide bonds. The van der Waals surface area contributed by atoms with E-state index in [0.29, 0.717) is 0 Å². The number of nitrogens with two attached hydrogens (primary N) is 2. The van der Waals surface area contributed by atoms with Crippen molar-refractivity contribution in [1.82, 2.24) is 16.0 Å². The van der Waals surface area contributed by atoms with Gasteiger partial charge >= 0.3 is 11.9 Å². The molecule has 0 bridgehead atoms. The van der Waals surface area contributed by atoms with Gasteiger partial charge in [-0.05, 0) is 13.3 Å². The number of carboxylic acids is 2. The molecule has 0 rings (SSSR count). The molecule has 0 saturated carbocycles. The van der Waals surface area contributed by atoms with Crippen molar-refractivity contribution < 1.29 is 39.0 Å². The normalized spacial score (nSPS) is 14.6. The Morgan fingerprint density at radius 2 is 1.48 bits per heavy atom. The maximum Gasteiger partial charge on any atom is 0.327 e. The second-order valence-electron chi connectivity index (χ2n) is 6.08. The van der Waals surface area contributed by atoms with Gasteiger partial charge in [-0.3, -0.25) is 24.0 Å². The fourth-order valence-electron chi connectivity index (χ4n) is 1.98. The highest BCUT2D eigenvalue weighted by molar-refractivity contribution is 7.80. The van der Waals surface area contributed by atoms with Crippen LogP contribution < -0.4 is 27.4 Å². The van der Waals surface area contributed by atoms with Crippen molar-refractivity contribution in [3.05, 3.63) is 0 Å². The number of thiol groups is 1. The van der Waals surface area contributed by atoms with E-state index in [1.54, 1.807) is 0 Å². The van der Waals surface area contributed by atoms with Crippen molar-refractivity contribution in [2.24, 2.45) is 11.5 Å². The number of hydrogen-bond donors (Lipinski definition) is 8. The van der Waals surface area contributed by atoms with Crippen molar-refractivity contribution in [3.63, 3.8) is 0 Å². The number of carbonyl (C=O) groups is 6. The lowest BCUT2D eigenvalue weighted by molar-refractivity contribution is -0.141. The summed E-state index contributed by atoms with van der Waals surface area (Å²) >= 11 is 3.81. The lowest BCUT2D eigenvalue weighted by Gasteiger charge is -2.23. The molecule has 4 unspecified atom stereocenters. The highest BCUT2D eigenvalue weighted by Crippen LogP contribution is 2.01. The van der Waals surface area contributed by atoms with Crippen molar-refractivity contribution in [1.29, 1.82) is 0 Å². The first-order valence-corrected chi connectivity index (χ1v) is 9.02. The fraction of sp³-hybridized carbons (Fsp3) is 0.600. The van der Waals surface area contributed by atoms with Crippen molar-refractivity contribution in [2.45, 2.75) is 50.4 Å². The Morgan fingerprint density at radius 1 is 0.931 bits per heavy atom. The SMILES string of the molecule is CC(NC(=O)C(N)CC(=O)O)C(=O)NC(CCC(N)=O)C(=O)NC(CS)C(=O)O. The molecule has 0 aromatic heterocycles. The van der Waals surface area contributed by atoms with Crippen molar-refractivity contribution in [2.75, 3.05) is 5.75 Å². The molecule has 14 heteroatoms. The van der Waals surface area contributed by atoms with Crippen LogP contribution in [0.5, 0.6) is 0 Å². The van der Waals surface area contributed by atoms with Gasteiger partial charge in [0, 0.05) is 12.2 Å². The van der Waals surface area contributed by atoms with Gasteiger partial charge in [0.25, 0.3) is 0 Å². The number of carbonyl (C=O) groups excluding carboxylic acids is 4. The molecule has 29 heavy (non-hydrogen) atoms. The van der Waals surface area contributed by atoms with Crippen LogP contribution in [0.4, 0.5) is 0 Å². The molecule has 0 aliphatic heterocycles. The zero-order chi connectivity index (χ0) is 22.7. The predicted octanol–water partition coefficient (Wildman–Crippen LogP) is -3.46. The monoisotopic (exact) mass is 435 g/mol.